The molecule has 1 aromatic carbocycles. The molecular formula is C17H25BrClN3O2. The molecule has 0 spiro atoms. The van der Waals surface area contributed by atoms with Crippen molar-refractivity contribution >= 4 is 40.2 Å². The first kappa shape index (κ1) is 20.9. The van der Waals surface area contributed by atoms with Gasteiger partial charge in [0.1, 0.15) is 0 Å². The second kappa shape index (κ2) is 10.7. The van der Waals surface area contributed by atoms with Crippen LogP contribution in [0, 0.1) is 5.92 Å². The second-order valence-corrected chi connectivity index (χ2v) is 6.74. The van der Waals surface area contributed by atoms with Crippen molar-refractivity contribution < 1.29 is 9.59 Å². The molecule has 1 heterocycles. The van der Waals surface area contributed by atoms with Gasteiger partial charge in [0.05, 0.1) is 6.54 Å². The third-order valence-corrected chi connectivity index (χ3v) is 4.63. The van der Waals surface area contributed by atoms with Crippen LogP contribution < -0.4 is 10.6 Å². The zero-order chi connectivity index (χ0) is 16.7. The van der Waals surface area contributed by atoms with Crippen LogP contribution in [-0.4, -0.2) is 49.4 Å². The Morgan fingerprint density at radius 1 is 1.29 bits per heavy atom. The summed E-state index contributed by atoms with van der Waals surface area (Å²) in [6.07, 6.45) is 2.05. The van der Waals surface area contributed by atoms with Crippen molar-refractivity contribution in [2.75, 3.05) is 32.7 Å². The summed E-state index contributed by atoms with van der Waals surface area (Å²) in [5, 5.41) is 6.07. The normalized spacial score (nSPS) is 14.8. The number of carbonyl (C=O) groups excluding carboxylic acids is 2. The third-order valence-electron chi connectivity index (χ3n) is 4.14. The highest BCUT2D eigenvalue weighted by Gasteiger charge is 2.22. The third kappa shape index (κ3) is 6.42. The SMILES string of the molecule is CCNCC1CCN(C(=O)CNC(=O)c2cccc(Br)c2)CC1.Cl. The van der Waals surface area contributed by atoms with E-state index in [2.05, 4.69) is 33.5 Å². The number of halogens is 2. The predicted molar refractivity (Wildman–Crippen MR) is 102 cm³/mol. The van der Waals surface area contributed by atoms with Gasteiger partial charge in [-0.3, -0.25) is 9.59 Å². The number of hydrogen-bond donors (Lipinski definition) is 2. The molecule has 0 atom stereocenters. The lowest BCUT2D eigenvalue weighted by molar-refractivity contribution is -0.131. The van der Waals surface area contributed by atoms with Gasteiger partial charge in [-0.15, -0.1) is 12.4 Å². The Kier molecular flexibility index (Phi) is 9.33. The van der Waals surface area contributed by atoms with Gasteiger partial charge in [0.25, 0.3) is 5.91 Å². The van der Waals surface area contributed by atoms with Gasteiger partial charge in [0.2, 0.25) is 5.91 Å². The second-order valence-electron chi connectivity index (χ2n) is 5.82. The fourth-order valence-corrected chi connectivity index (χ4v) is 3.13. The first-order valence-electron chi connectivity index (χ1n) is 8.12. The van der Waals surface area contributed by atoms with E-state index in [9.17, 15) is 9.59 Å². The lowest BCUT2D eigenvalue weighted by Crippen LogP contribution is -2.45. The van der Waals surface area contributed by atoms with E-state index in [1.807, 2.05) is 11.0 Å². The van der Waals surface area contributed by atoms with Crippen molar-refractivity contribution in [3.05, 3.63) is 34.3 Å². The standard InChI is InChI=1S/C17H24BrN3O2.ClH/c1-2-19-11-13-6-8-21(9-7-13)16(22)12-20-17(23)14-4-3-5-15(18)10-14;/h3-5,10,13,19H,2,6-9,11-12H2,1H3,(H,20,23);1H. The number of nitrogens with one attached hydrogen (secondary N) is 2. The van der Waals surface area contributed by atoms with Crippen molar-refractivity contribution in [2.24, 2.45) is 5.92 Å². The van der Waals surface area contributed by atoms with E-state index in [-0.39, 0.29) is 30.8 Å². The number of piperidine rings is 1. The van der Waals surface area contributed by atoms with Crippen LogP contribution in [0.25, 0.3) is 0 Å². The molecular weight excluding hydrogens is 394 g/mol. The van der Waals surface area contributed by atoms with Crippen molar-refractivity contribution in [1.29, 1.82) is 0 Å². The maximum atomic E-state index is 12.2. The molecule has 0 aromatic heterocycles. The summed E-state index contributed by atoms with van der Waals surface area (Å²) in [7, 11) is 0. The average molecular weight is 419 g/mol. The van der Waals surface area contributed by atoms with E-state index < -0.39 is 0 Å². The Labute approximate surface area is 158 Å². The minimum absolute atomic E-state index is 0. The number of nitrogens with zero attached hydrogens (tertiary/aromatic N) is 1. The van der Waals surface area contributed by atoms with Gasteiger partial charge in [-0.1, -0.05) is 28.9 Å². The molecule has 1 fully saturated rings. The maximum Gasteiger partial charge on any atom is 0.251 e. The molecule has 1 aliphatic heterocycles. The predicted octanol–water partition coefficient (Wildman–Crippen LogP) is 2.45. The van der Waals surface area contributed by atoms with Crippen LogP contribution in [0.4, 0.5) is 0 Å². The van der Waals surface area contributed by atoms with Crippen molar-refractivity contribution in [3.63, 3.8) is 0 Å². The van der Waals surface area contributed by atoms with Crippen LogP contribution >= 0.6 is 28.3 Å². The molecule has 0 bridgehead atoms. The number of likely N-dealkylation sites (tertiary alicyclic amines) is 1. The maximum absolute atomic E-state index is 12.2. The van der Waals surface area contributed by atoms with Gasteiger partial charge in [-0.05, 0) is 50.0 Å². The van der Waals surface area contributed by atoms with E-state index in [0.717, 1.165) is 43.5 Å². The number of amides is 2. The largest absolute Gasteiger partial charge is 0.343 e. The molecule has 2 amide bonds. The Morgan fingerprint density at radius 3 is 2.62 bits per heavy atom. The molecule has 1 saturated heterocycles. The highest BCUT2D eigenvalue weighted by molar-refractivity contribution is 9.10. The highest BCUT2D eigenvalue weighted by Crippen LogP contribution is 2.16. The van der Waals surface area contributed by atoms with Gasteiger partial charge in [-0.25, -0.2) is 0 Å². The topological polar surface area (TPSA) is 61.4 Å². The van der Waals surface area contributed by atoms with Crippen LogP contribution in [0.3, 0.4) is 0 Å². The van der Waals surface area contributed by atoms with Gasteiger partial charge in [0.15, 0.2) is 0 Å². The zero-order valence-electron chi connectivity index (χ0n) is 13.9. The fourth-order valence-electron chi connectivity index (χ4n) is 2.73. The minimum atomic E-state index is -0.221. The number of hydrogen-bond acceptors (Lipinski definition) is 3. The first-order valence-corrected chi connectivity index (χ1v) is 8.91. The number of benzene rings is 1. The zero-order valence-corrected chi connectivity index (χ0v) is 16.3. The lowest BCUT2D eigenvalue weighted by atomic mass is 9.97. The molecule has 2 rings (SSSR count). The van der Waals surface area contributed by atoms with E-state index in [4.69, 9.17) is 0 Å². The molecule has 0 unspecified atom stereocenters. The van der Waals surface area contributed by atoms with E-state index in [1.165, 1.54) is 0 Å². The summed E-state index contributed by atoms with van der Waals surface area (Å²) in [6, 6.07) is 7.14. The van der Waals surface area contributed by atoms with Crippen molar-refractivity contribution in [3.8, 4) is 0 Å². The number of rotatable bonds is 6. The highest BCUT2D eigenvalue weighted by atomic mass is 79.9. The smallest absolute Gasteiger partial charge is 0.251 e. The molecule has 7 heteroatoms. The van der Waals surface area contributed by atoms with E-state index in [1.54, 1.807) is 18.2 Å². The van der Waals surface area contributed by atoms with Crippen molar-refractivity contribution in [1.82, 2.24) is 15.5 Å². The Hall–Kier alpha value is -1.11. The minimum Gasteiger partial charge on any atom is -0.343 e. The fraction of sp³-hybridized carbons (Fsp3) is 0.529. The molecule has 0 aliphatic carbocycles. The van der Waals surface area contributed by atoms with Crippen LogP contribution in [0.1, 0.15) is 30.1 Å². The van der Waals surface area contributed by atoms with Crippen molar-refractivity contribution in [2.45, 2.75) is 19.8 Å². The molecule has 0 radical (unpaired) electrons. The quantitative estimate of drug-likeness (QED) is 0.746. The summed E-state index contributed by atoms with van der Waals surface area (Å²) < 4.78 is 0.847. The molecule has 1 aliphatic rings. The van der Waals surface area contributed by atoms with Gasteiger partial charge in [0, 0.05) is 23.1 Å². The Balaban J connectivity index is 0.00000288. The average Bonchev–Trinajstić information content (AvgIpc) is 2.58. The summed E-state index contributed by atoms with van der Waals surface area (Å²) >= 11 is 3.34. The molecule has 0 saturated carbocycles. The molecule has 5 nitrogen and oxygen atoms in total. The van der Waals surface area contributed by atoms with Gasteiger partial charge >= 0.3 is 0 Å². The summed E-state index contributed by atoms with van der Waals surface area (Å²) in [4.78, 5) is 26.1. The summed E-state index contributed by atoms with van der Waals surface area (Å²) in [5.74, 6) is 0.423. The van der Waals surface area contributed by atoms with E-state index >= 15 is 0 Å². The van der Waals surface area contributed by atoms with Gasteiger partial charge < -0.3 is 15.5 Å². The summed E-state index contributed by atoms with van der Waals surface area (Å²) in [6.45, 7) is 5.73. The molecule has 134 valence electrons. The van der Waals surface area contributed by atoms with Crippen LogP contribution in [0.15, 0.2) is 28.7 Å². The van der Waals surface area contributed by atoms with Crippen LogP contribution in [0.5, 0.6) is 0 Å². The summed E-state index contributed by atoms with van der Waals surface area (Å²) in [5.41, 5.74) is 0.552. The van der Waals surface area contributed by atoms with Crippen LogP contribution in [0.2, 0.25) is 0 Å². The molecule has 24 heavy (non-hydrogen) atoms. The van der Waals surface area contributed by atoms with Crippen LogP contribution in [-0.2, 0) is 4.79 Å². The monoisotopic (exact) mass is 417 g/mol. The number of carbonyl (C=O) groups is 2. The van der Waals surface area contributed by atoms with Gasteiger partial charge in [-0.2, -0.15) is 0 Å². The molecule has 1 aromatic rings. The Bertz CT molecular complexity index is 548. The molecule has 2 N–H and O–H groups in total. The van der Waals surface area contributed by atoms with E-state index in [0.29, 0.717) is 11.5 Å². The lowest BCUT2D eigenvalue weighted by Gasteiger charge is -2.32. The first-order chi connectivity index (χ1) is 11.1. The Morgan fingerprint density at radius 2 is 2.00 bits per heavy atom.